The molecule has 0 unspecified atom stereocenters. The van der Waals surface area contributed by atoms with Crippen molar-refractivity contribution in [2.75, 3.05) is 0 Å². The minimum atomic E-state index is -0.431. The molecule has 1 aromatic rings. The van der Waals surface area contributed by atoms with Crippen molar-refractivity contribution in [3.63, 3.8) is 0 Å². The molecule has 0 heterocycles. The first kappa shape index (κ1) is 9.56. The van der Waals surface area contributed by atoms with Crippen LogP contribution in [0.5, 0.6) is 0 Å². The highest BCUT2D eigenvalue weighted by atomic mass is 35.5. The Morgan fingerprint density at radius 1 is 1.50 bits per heavy atom. The molecular weight excluding hydrogens is 195 g/mol. The highest BCUT2D eigenvalue weighted by molar-refractivity contribution is 6.67. The molecule has 0 radical (unpaired) electrons. The fraction of sp³-hybridized carbons (Fsp3) is 0.222. The zero-order chi connectivity index (χ0) is 9.14. The van der Waals surface area contributed by atoms with Gasteiger partial charge in [0, 0.05) is 11.4 Å². The van der Waals surface area contributed by atoms with E-state index in [2.05, 4.69) is 0 Å². The second-order valence-electron chi connectivity index (χ2n) is 2.56. The van der Waals surface area contributed by atoms with Crippen LogP contribution in [0.15, 0.2) is 18.2 Å². The molecule has 64 valence electrons. The molecule has 0 fully saturated rings. The Morgan fingerprint density at radius 2 is 2.17 bits per heavy atom. The van der Waals surface area contributed by atoms with E-state index in [0.717, 1.165) is 11.1 Å². The molecule has 1 aromatic carbocycles. The highest BCUT2D eigenvalue weighted by Gasteiger charge is 2.05. The number of carbonyl (C=O) groups is 1. The van der Waals surface area contributed by atoms with E-state index < -0.39 is 5.24 Å². The Bertz CT molecular complexity index is 307. The first-order valence-electron chi connectivity index (χ1n) is 3.50. The van der Waals surface area contributed by atoms with Gasteiger partial charge in [-0.25, -0.2) is 0 Å². The van der Waals surface area contributed by atoms with Crippen LogP contribution in [0.1, 0.15) is 21.5 Å². The highest BCUT2D eigenvalue weighted by Crippen LogP contribution is 2.14. The van der Waals surface area contributed by atoms with Gasteiger partial charge in [0.15, 0.2) is 0 Å². The smallest absolute Gasteiger partial charge is 0.252 e. The van der Waals surface area contributed by atoms with Crippen molar-refractivity contribution in [3.05, 3.63) is 34.9 Å². The number of alkyl halides is 1. The summed E-state index contributed by atoms with van der Waals surface area (Å²) in [6, 6.07) is 5.44. The quantitative estimate of drug-likeness (QED) is 0.533. The lowest BCUT2D eigenvalue weighted by molar-refractivity contribution is 0.108. The van der Waals surface area contributed by atoms with E-state index in [0.29, 0.717) is 11.4 Å². The SMILES string of the molecule is Cc1ccc(CCl)cc1C(=O)Cl. The van der Waals surface area contributed by atoms with E-state index in [4.69, 9.17) is 23.2 Å². The molecule has 0 aromatic heterocycles. The third-order valence-corrected chi connectivity index (χ3v) is 2.18. The standard InChI is InChI=1S/C9H8Cl2O/c1-6-2-3-7(5-10)4-8(6)9(11)12/h2-4H,5H2,1H3. The second kappa shape index (κ2) is 3.92. The van der Waals surface area contributed by atoms with Crippen LogP contribution in [0.25, 0.3) is 0 Å². The molecule has 1 rings (SSSR count). The summed E-state index contributed by atoms with van der Waals surface area (Å²) in [4.78, 5) is 10.9. The third kappa shape index (κ3) is 1.99. The first-order chi connectivity index (χ1) is 5.65. The van der Waals surface area contributed by atoms with Crippen LogP contribution < -0.4 is 0 Å². The van der Waals surface area contributed by atoms with Crippen LogP contribution >= 0.6 is 23.2 Å². The summed E-state index contributed by atoms with van der Waals surface area (Å²) >= 11 is 11.0. The fourth-order valence-electron chi connectivity index (χ4n) is 0.964. The molecular formula is C9H8Cl2O. The van der Waals surface area contributed by atoms with E-state index in [9.17, 15) is 4.79 Å². The van der Waals surface area contributed by atoms with Gasteiger partial charge in [0.05, 0.1) is 0 Å². The van der Waals surface area contributed by atoms with Gasteiger partial charge >= 0.3 is 0 Å². The second-order valence-corrected chi connectivity index (χ2v) is 3.17. The van der Waals surface area contributed by atoms with Gasteiger partial charge in [0.1, 0.15) is 0 Å². The lowest BCUT2D eigenvalue weighted by Crippen LogP contribution is -1.94. The number of hydrogen-bond donors (Lipinski definition) is 0. The molecule has 0 aliphatic carbocycles. The molecule has 0 atom stereocenters. The average molecular weight is 203 g/mol. The lowest BCUT2D eigenvalue weighted by atomic mass is 10.1. The topological polar surface area (TPSA) is 17.1 Å². The molecule has 0 amide bonds. The van der Waals surface area contributed by atoms with Gasteiger partial charge < -0.3 is 0 Å². The fourth-order valence-corrected chi connectivity index (χ4v) is 1.33. The number of halogens is 2. The molecule has 0 saturated heterocycles. The van der Waals surface area contributed by atoms with Crippen LogP contribution in [0.4, 0.5) is 0 Å². The summed E-state index contributed by atoms with van der Waals surface area (Å²) in [5, 5.41) is -0.431. The van der Waals surface area contributed by atoms with Gasteiger partial charge in [-0.1, -0.05) is 12.1 Å². The minimum Gasteiger partial charge on any atom is -0.276 e. The number of benzene rings is 1. The average Bonchev–Trinajstić information content (AvgIpc) is 2.05. The summed E-state index contributed by atoms with van der Waals surface area (Å²) in [5.74, 6) is 0.400. The third-order valence-electron chi connectivity index (χ3n) is 1.67. The van der Waals surface area contributed by atoms with Crippen LogP contribution in [0.3, 0.4) is 0 Å². The molecule has 0 aliphatic heterocycles. The van der Waals surface area contributed by atoms with Crippen molar-refractivity contribution in [3.8, 4) is 0 Å². The molecule has 3 heteroatoms. The Labute approximate surface area is 81.3 Å². The van der Waals surface area contributed by atoms with E-state index in [-0.39, 0.29) is 0 Å². The minimum absolute atomic E-state index is 0.400. The number of hydrogen-bond acceptors (Lipinski definition) is 1. The maximum Gasteiger partial charge on any atom is 0.252 e. The van der Waals surface area contributed by atoms with Crippen LogP contribution in [0, 0.1) is 6.92 Å². The summed E-state index contributed by atoms with van der Waals surface area (Å²) in [6.45, 7) is 1.84. The molecule has 0 bridgehead atoms. The van der Waals surface area contributed by atoms with Crippen molar-refractivity contribution in [2.45, 2.75) is 12.8 Å². The predicted octanol–water partition coefficient (Wildman–Crippen LogP) is 3.11. The Morgan fingerprint density at radius 3 is 2.67 bits per heavy atom. The Hall–Kier alpha value is -0.530. The largest absolute Gasteiger partial charge is 0.276 e. The maximum atomic E-state index is 10.9. The van der Waals surface area contributed by atoms with Gasteiger partial charge in [0.2, 0.25) is 0 Å². The Kier molecular flexibility index (Phi) is 3.12. The number of carbonyl (C=O) groups excluding carboxylic acids is 1. The molecule has 12 heavy (non-hydrogen) atoms. The van der Waals surface area contributed by atoms with Crippen molar-refractivity contribution in [1.29, 1.82) is 0 Å². The molecule has 0 aliphatic rings. The van der Waals surface area contributed by atoms with Crippen molar-refractivity contribution >= 4 is 28.4 Å². The van der Waals surface area contributed by atoms with Gasteiger partial charge in [-0.05, 0) is 35.7 Å². The van der Waals surface area contributed by atoms with Crippen LogP contribution in [0.2, 0.25) is 0 Å². The van der Waals surface area contributed by atoms with Gasteiger partial charge in [-0.2, -0.15) is 0 Å². The molecule has 0 spiro atoms. The zero-order valence-electron chi connectivity index (χ0n) is 6.60. The Balaban J connectivity index is 3.17. The van der Waals surface area contributed by atoms with Crippen molar-refractivity contribution in [1.82, 2.24) is 0 Å². The van der Waals surface area contributed by atoms with Crippen LogP contribution in [-0.2, 0) is 5.88 Å². The molecule has 0 N–H and O–H groups in total. The predicted molar refractivity (Wildman–Crippen MR) is 50.9 cm³/mol. The van der Waals surface area contributed by atoms with Gasteiger partial charge in [-0.15, -0.1) is 11.6 Å². The maximum absolute atomic E-state index is 10.9. The normalized spacial score (nSPS) is 9.92. The summed E-state index contributed by atoms with van der Waals surface area (Å²) in [6.07, 6.45) is 0. The van der Waals surface area contributed by atoms with Crippen LogP contribution in [-0.4, -0.2) is 5.24 Å². The van der Waals surface area contributed by atoms with Gasteiger partial charge in [0.25, 0.3) is 5.24 Å². The van der Waals surface area contributed by atoms with E-state index in [1.54, 1.807) is 6.07 Å². The zero-order valence-corrected chi connectivity index (χ0v) is 8.12. The number of aryl methyl sites for hydroxylation is 1. The van der Waals surface area contributed by atoms with E-state index in [1.807, 2.05) is 19.1 Å². The summed E-state index contributed by atoms with van der Waals surface area (Å²) < 4.78 is 0. The molecule has 0 saturated carbocycles. The van der Waals surface area contributed by atoms with E-state index >= 15 is 0 Å². The lowest BCUT2D eigenvalue weighted by Gasteiger charge is -2.01. The molecule has 1 nitrogen and oxygen atoms in total. The first-order valence-corrected chi connectivity index (χ1v) is 4.41. The van der Waals surface area contributed by atoms with Crippen molar-refractivity contribution in [2.24, 2.45) is 0 Å². The van der Waals surface area contributed by atoms with Crippen molar-refractivity contribution < 1.29 is 4.79 Å². The monoisotopic (exact) mass is 202 g/mol. The number of rotatable bonds is 2. The summed E-state index contributed by atoms with van der Waals surface area (Å²) in [5.41, 5.74) is 2.32. The summed E-state index contributed by atoms with van der Waals surface area (Å²) in [7, 11) is 0. The van der Waals surface area contributed by atoms with Gasteiger partial charge in [-0.3, -0.25) is 4.79 Å². The van der Waals surface area contributed by atoms with E-state index in [1.165, 1.54) is 0 Å².